The first-order chi connectivity index (χ1) is 9.93. The number of amides is 1. The molecule has 1 amide bonds. The Bertz CT molecular complexity index is 670. The number of aromatic hydroxyl groups is 1. The van der Waals surface area contributed by atoms with E-state index in [1.807, 2.05) is 31.2 Å². The van der Waals surface area contributed by atoms with Crippen LogP contribution in [0.3, 0.4) is 0 Å². The van der Waals surface area contributed by atoms with E-state index in [0.717, 1.165) is 5.56 Å². The lowest BCUT2D eigenvalue weighted by Crippen LogP contribution is -2.30. The van der Waals surface area contributed by atoms with Crippen LogP contribution in [0.25, 0.3) is 0 Å². The van der Waals surface area contributed by atoms with Crippen molar-refractivity contribution in [1.82, 2.24) is 4.90 Å². The van der Waals surface area contributed by atoms with Crippen molar-refractivity contribution in [3.05, 3.63) is 64.2 Å². The maximum Gasteiger partial charge on any atom is 0.254 e. The zero-order valence-corrected chi connectivity index (χ0v) is 13.1. The lowest BCUT2D eigenvalue weighted by atomic mass is 10.0. The highest BCUT2D eigenvalue weighted by Gasteiger charge is 2.22. The van der Waals surface area contributed by atoms with Gasteiger partial charge in [0.05, 0.1) is 6.04 Å². The van der Waals surface area contributed by atoms with Gasteiger partial charge in [-0.2, -0.15) is 0 Å². The van der Waals surface area contributed by atoms with Gasteiger partial charge < -0.3 is 10.0 Å². The SMILES string of the molecule is Cc1c(O)cccc1C(=O)N(C)C(C)c1ccccc1Cl. The zero-order valence-electron chi connectivity index (χ0n) is 12.3. The predicted molar refractivity (Wildman–Crippen MR) is 84.8 cm³/mol. The van der Waals surface area contributed by atoms with Crippen LogP contribution in [-0.2, 0) is 0 Å². The molecule has 2 aromatic carbocycles. The molecule has 0 aromatic heterocycles. The van der Waals surface area contributed by atoms with Crippen molar-refractivity contribution in [3.8, 4) is 5.75 Å². The number of benzene rings is 2. The summed E-state index contributed by atoms with van der Waals surface area (Å²) in [6.07, 6.45) is 0. The highest BCUT2D eigenvalue weighted by Crippen LogP contribution is 2.28. The normalized spacial score (nSPS) is 12.0. The summed E-state index contributed by atoms with van der Waals surface area (Å²) in [5.41, 5.74) is 1.98. The van der Waals surface area contributed by atoms with Gasteiger partial charge in [0, 0.05) is 23.2 Å². The van der Waals surface area contributed by atoms with Gasteiger partial charge in [-0.15, -0.1) is 0 Å². The minimum absolute atomic E-state index is 0.125. The number of nitrogens with zero attached hydrogens (tertiary/aromatic N) is 1. The standard InChI is InChI=1S/C17H18ClNO2/c1-11-13(8-6-10-16(11)20)17(21)19(3)12(2)14-7-4-5-9-15(14)18/h4-10,12,20H,1-3H3. The minimum atomic E-state index is -0.159. The molecule has 0 saturated heterocycles. The van der Waals surface area contributed by atoms with Gasteiger partial charge >= 0.3 is 0 Å². The Morgan fingerprint density at radius 2 is 1.86 bits per heavy atom. The fourth-order valence-electron chi connectivity index (χ4n) is 2.24. The van der Waals surface area contributed by atoms with Crippen LogP contribution < -0.4 is 0 Å². The van der Waals surface area contributed by atoms with Crippen LogP contribution in [-0.4, -0.2) is 23.0 Å². The molecule has 2 rings (SSSR count). The highest BCUT2D eigenvalue weighted by atomic mass is 35.5. The summed E-state index contributed by atoms with van der Waals surface area (Å²) in [6.45, 7) is 3.66. The lowest BCUT2D eigenvalue weighted by molar-refractivity contribution is 0.0741. The molecule has 110 valence electrons. The van der Waals surface area contributed by atoms with Crippen molar-refractivity contribution in [2.75, 3.05) is 7.05 Å². The average Bonchev–Trinajstić information content (AvgIpc) is 2.48. The van der Waals surface area contributed by atoms with Crippen molar-refractivity contribution < 1.29 is 9.90 Å². The molecule has 0 aliphatic heterocycles. The van der Waals surface area contributed by atoms with E-state index in [0.29, 0.717) is 16.1 Å². The Morgan fingerprint density at radius 1 is 1.19 bits per heavy atom. The number of phenolic OH excluding ortho intramolecular Hbond substituents is 1. The summed E-state index contributed by atoms with van der Waals surface area (Å²) < 4.78 is 0. The predicted octanol–water partition coefficient (Wildman–Crippen LogP) is 4.19. The second kappa shape index (κ2) is 6.19. The molecular formula is C17H18ClNO2. The summed E-state index contributed by atoms with van der Waals surface area (Å²) in [5, 5.41) is 10.4. The lowest BCUT2D eigenvalue weighted by Gasteiger charge is -2.26. The maximum absolute atomic E-state index is 12.6. The third kappa shape index (κ3) is 3.03. The van der Waals surface area contributed by atoms with E-state index in [1.165, 1.54) is 0 Å². The third-order valence-electron chi connectivity index (χ3n) is 3.79. The highest BCUT2D eigenvalue weighted by molar-refractivity contribution is 6.31. The third-order valence-corrected chi connectivity index (χ3v) is 4.14. The Morgan fingerprint density at radius 3 is 2.52 bits per heavy atom. The van der Waals surface area contributed by atoms with Gasteiger partial charge in [0.25, 0.3) is 5.91 Å². The van der Waals surface area contributed by atoms with E-state index in [2.05, 4.69) is 0 Å². The molecule has 0 aliphatic carbocycles. The molecule has 2 aromatic rings. The van der Waals surface area contributed by atoms with Gasteiger partial charge in [-0.25, -0.2) is 0 Å². The number of hydrogen-bond acceptors (Lipinski definition) is 2. The summed E-state index contributed by atoms with van der Waals surface area (Å²) in [5.74, 6) is -0.0181. The molecule has 0 fully saturated rings. The van der Waals surface area contributed by atoms with Gasteiger partial charge in [0.15, 0.2) is 0 Å². The molecule has 4 heteroatoms. The molecular weight excluding hydrogens is 286 g/mol. The summed E-state index contributed by atoms with van der Waals surface area (Å²) >= 11 is 6.19. The van der Waals surface area contributed by atoms with E-state index in [-0.39, 0.29) is 17.7 Å². The first-order valence-corrected chi connectivity index (χ1v) is 7.11. The smallest absolute Gasteiger partial charge is 0.254 e. The summed E-state index contributed by atoms with van der Waals surface area (Å²) in [6, 6.07) is 12.3. The van der Waals surface area contributed by atoms with E-state index < -0.39 is 0 Å². The van der Waals surface area contributed by atoms with Crippen molar-refractivity contribution in [2.45, 2.75) is 19.9 Å². The molecule has 1 unspecified atom stereocenters. The van der Waals surface area contributed by atoms with Crippen molar-refractivity contribution in [3.63, 3.8) is 0 Å². The van der Waals surface area contributed by atoms with Gasteiger partial charge in [0.2, 0.25) is 0 Å². The summed E-state index contributed by atoms with van der Waals surface area (Å²) in [4.78, 5) is 14.2. The number of halogens is 1. The number of hydrogen-bond donors (Lipinski definition) is 1. The van der Waals surface area contributed by atoms with Gasteiger partial charge in [-0.1, -0.05) is 35.9 Å². The quantitative estimate of drug-likeness (QED) is 0.923. The van der Waals surface area contributed by atoms with Gasteiger partial charge in [-0.05, 0) is 37.6 Å². The van der Waals surface area contributed by atoms with Gasteiger partial charge in [0.1, 0.15) is 5.75 Å². The van der Waals surface area contributed by atoms with E-state index in [4.69, 9.17) is 11.6 Å². The van der Waals surface area contributed by atoms with Crippen molar-refractivity contribution in [1.29, 1.82) is 0 Å². The molecule has 1 N–H and O–H groups in total. The number of rotatable bonds is 3. The fraction of sp³-hybridized carbons (Fsp3) is 0.235. The minimum Gasteiger partial charge on any atom is -0.508 e. The first-order valence-electron chi connectivity index (χ1n) is 6.73. The fourth-order valence-corrected chi connectivity index (χ4v) is 2.54. The summed E-state index contributed by atoms with van der Waals surface area (Å²) in [7, 11) is 1.74. The monoisotopic (exact) mass is 303 g/mol. The van der Waals surface area contributed by atoms with Crippen LogP contribution in [0.15, 0.2) is 42.5 Å². The van der Waals surface area contributed by atoms with Crippen molar-refractivity contribution in [2.24, 2.45) is 0 Å². The van der Waals surface area contributed by atoms with Gasteiger partial charge in [-0.3, -0.25) is 4.79 Å². The molecule has 1 atom stereocenters. The Balaban J connectivity index is 2.31. The second-order valence-corrected chi connectivity index (χ2v) is 5.47. The molecule has 0 saturated carbocycles. The molecule has 0 radical (unpaired) electrons. The molecule has 0 heterocycles. The molecule has 0 bridgehead atoms. The van der Waals surface area contributed by atoms with E-state index in [9.17, 15) is 9.90 Å². The van der Waals surface area contributed by atoms with Crippen LogP contribution in [0.4, 0.5) is 0 Å². The second-order valence-electron chi connectivity index (χ2n) is 5.06. The first kappa shape index (κ1) is 15.4. The van der Waals surface area contributed by atoms with Crippen molar-refractivity contribution >= 4 is 17.5 Å². The molecule has 0 aliphatic rings. The molecule has 21 heavy (non-hydrogen) atoms. The molecule has 3 nitrogen and oxygen atoms in total. The van der Waals surface area contributed by atoms with Crippen LogP contribution in [0, 0.1) is 6.92 Å². The van der Waals surface area contributed by atoms with Crippen LogP contribution in [0.5, 0.6) is 5.75 Å². The van der Waals surface area contributed by atoms with Crippen LogP contribution in [0.2, 0.25) is 5.02 Å². The topological polar surface area (TPSA) is 40.5 Å². The maximum atomic E-state index is 12.6. The number of carbonyl (C=O) groups is 1. The van der Waals surface area contributed by atoms with E-state index in [1.54, 1.807) is 37.1 Å². The Kier molecular flexibility index (Phi) is 4.53. The van der Waals surface area contributed by atoms with E-state index >= 15 is 0 Å². The number of carbonyl (C=O) groups excluding carboxylic acids is 1. The average molecular weight is 304 g/mol. The van der Waals surface area contributed by atoms with Crippen LogP contribution >= 0.6 is 11.6 Å². The Labute approximate surface area is 129 Å². The zero-order chi connectivity index (χ0) is 15.6. The molecule has 0 spiro atoms. The van der Waals surface area contributed by atoms with Crippen LogP contribution in [0.1, 0.15) is 34.5 Å². The number of phenols is 1. The largest absolute Gasteiger partial charge is 0.508 e. The Hall–Kier alpha value is -2.00.